The Morgan fingerprint density at radius 2 is 2.00 bits per heavy atom. The molecule has 8 heteroatoms. The Morgan fingerprint density at radius 1 is 1.32 bits per heavy atom. The Labute approximate surface area is 144 Å². The molecule has 0 unspecified atom stereocenters. The van der Waals surface area contributed by atoms with E-state index < -0.39 is 36.5 Å². The van der Waals surface area contributed by atoms with Crippen LogP contribution in [0.3, 0.4) is 0 Å². The number of nitrogens with one attached hydrogen (secondary N) is 1. The third-order valence-electron chi connectivity index (χ3n) is 3.89. The number of rotatable bonds is 8. The van der Waals surface area contributed by atoms with Crippen LogP contribution < -0.4 is 15.8 Å². The van der Waals surface area contributed by atoms with Crippen LogP contribution >= 0.6 is 0 Å². The standard InChI is InChI=1S/C17H19N3O5/c1-17(10-18,11-6-7-11)20-14(21)8-25-15(22)9-24-13-5-3-2-4-12(13)16(19)23/h2-5,11H,6-9H2,1H3,(H2,19,23)(H,20,21)/t17-/m0/s1. The Bertz CT molecular complexity index is 723. The summed E-state index contributed by atoms with van der Waals surface area (Å²) in [5.41, 5.74) is 4.40. The van der Waals surface area contributed by atoms with Crippen LogP contribution in [0.4, 0.5) is 0 Å². The number of esters is 1. The van der Waals surface area contributed by atoms with Crippen molar-refractivity contribution in [3.05, 3.63) is 29.8 Å². The molecule has 1 aromatic carbocycles. The van der Waals surface area contributed by atoms with Gasteiger partial charge in [-0.1, -0.05) is 12.1 Å². The Morgan fingerprint density at radius 3 is 2.60 bits per heavy atom. The van der Waals surface area contributed by atoms with E-state index in [-0.39, 0.29) is 17.2 Å². The van der Waals surface area contributed by atoms with E-state index in [1.807, 2.05) is 0 Å². The summed E-state index contributed by atoms with van der Waals surface area (Å²) in [7, 11) is 0. The minimum Gasteiger partial charge on any atom is -0.481 e. The molecule has 1 aliphatic rings. The maximum Gasteiger partial charge on any atom is 0.344 e. The highest BCUT2D eigenvalue weighted by Crippen LogP contribution is 2.39. The van der Waals surface area contributed by atoms with Gasteiger partial charge in [-0.25, -0.2) is 4.79 Å². The summed E-state index contributed by atoms with van der Waals surface area (Å²) in [6.07, 6.45) is 1.77. The molecule has 1 aliphatic carbocycles. The highest BCUT2D eigenvalue weighted by molar-refractivity contribution is 5.95. The lowest BCUT2D eigenvalue weighted by Gasteiger charge is -2.22. The van der Waals surface area contributed by atoms with Gasteiger partial charge < -0.3 is 20.5 Å². The third kappa shape index (κ3) is 4.94. The number of carbonyl (C=O) groups is 3. The number of benzene rings is 1. The van der Waals surface area contributed by atoms with Crippen molar-refractivity contribution in [1.29, 1.82) is 5.26 Å². The number of para-hydroxylation sites is 1. The van der Waals surface area contributed by atoms with E-state index in [1.165, 1.54) is 12.1 Å². The predicted molar refractivity (Wildman–Crippen MR) is 86.3 cm³/mol. The van der Waals surface area contributed by atoms with Crippen LogP contribution in [0, 0.1) is 17.2 Å². The Balaban J connectivity index is 1.78. The van der Waals surface area contributed by atoms with Crippen LogP contribution in [0.2, 0.25) is 0 Å². The SMILES string of the molecule is C[C@@](C#N)(NC(=O)COC(=O)COc1ccccc1C(N)=O)C1CC1. The second kappa shape index (κ2) is 7.66. The number of amides is 2. The van der Waals surface area contributed by atoms with Gasteiger partial charge in [0.1, 0.15) is 11.3 Å². The summed E-state index contributed by atoms with van der Waals surface area (Å²) in [4.78, 5) is 34.8. The first-order valence-corrected chi connectivity index (χ1v) is 7.75. The number of ether oxygens (including phenoxy) is 2. The highest BCUT2D eigenvalue weighted by Gasteiger charge is 2.43. The quantitative estimate of drug-likeness (QED) is 0.660. The third-order valence-corrected chi connectivity index (χ3v) is 3.89. The fourth-order valence-corrected chi connectivity index (χ4v) is 2.33. The molecular weight excluding hydrogens is 326 g/mol. The van der Waals surface area contributed by atoms with E-state index in [9.17, 15) is 19.6 Å². The van der Waals surface area contributed by atoms with Gasteiger partial charge >= 0.3 is 5.97 Å². The average molecular weight is 345 g/mol. The van der Waals surface area contributed by atoms with Crippen LogP contribution in [0.25, 0.3) is 0 Å². The molecule has 0 spiro atoms. The van der Waals surface area contributed by atoms with Gasteiger partial charge in [-0.15, -0.1) is 0 Å². The zero-order chi connectivity index (χ0) is 18.4. The summed E-state index contributed by atoms with van der Waals surface area (Å²) < 4.78 is 10.0. The monoisotopic (exact) mass is 345 g/mol. The molecule has 1 aromatic rings. The van der Waals surface area contributed by atoms with Crippen molar-refractivity contribution in [1.82, 2.24) is 5.32 Å². The topological polar surface area (TPSA) is 132 Å². The number of hydrogen-bond donors (Lipinski definition) is 2. The van der Waals surface area contributed by atoms with Gasteiger partial charge in [0.25, 0.3) is 11.8 Å². The fourth-order valence-electron chi connectivity index (χ4n) is 2.33. The van der Waals surface area contributed by atoms with Crippen LogP contribution in [-0.2, 0) is 14.3 Å². The number of hydrogen-bond acceptors (Lipinski definition) is 6. The molecule has 2 rings (SSSR count). The van der Waals surface area contributed by atoms with Gasteiger partial charge in [0.15, 0.2) is 13.2 Å². The lowest BCUT2D eigenvalue weighted by Crippen LogP contribution is -2.48. The van der Waals surface area contributed by atoms with E-state index >= 15 is 0 Å². The Kier molecular flexibility index (Phi) is 5.60. The normalized spacial score (nSPS) is 15.4. The molecule has 0 aromatic heterocycles. The number of nitrogens with two attached hydrogens (primary N) is 1. The summed E-state index contributed by atoms with van der Waals surface area (Å²) in [5, 5.41) is 11.8. The zero-order valence-corrected chi connectivity index (χ0v) is 13.8. The van der Waals surface area contributed by atoms with Crippen molar-refractivity contribution in [3.8, 4) is 11.8 Å². The maximum absolute atomic E-state index is 11.8. The lowest BCUT2D eigenvalue weighted by molar-refractivity contribution is -0.150. The van der Waals surface area contributed by atoms with Crippen LogP contribution in [-0.4, -0.2) is 36.5 Å². The van der Waals surface area contributed by atoms with Crippen molar-refractivity contribution in [2.45, 2.75) is 25.3 Å². The molecule has 0 aliphatic heterocycles. The molecule has 1 saturated carbocycles. The molecule has 132 valence electrons. The van der Waals surface area contributed by atoms with Gasteiger partial charge in [-0.3, -0.25) is 9.59 Å². The van der Waals surface area contributed by atoms with Crippen molar-refractivity contribution >= 4 is 17.8 Å². The molecule has 1 fully saturated rings. The van der Waals surface area contributed by atoms with Crippen molar-refractivity contribution in [3.63, 3.8) is 0 Å². The van der Waals surface area contributed by atoms with E-state index in [0.717, 1.165) is 12.8 Å². The first kappa shape index (κ1) is 18.3. The van der Waals surface area contributed by atoms with Gasteiger partial charge in [-0.05, 0) is 37.8 Å². The first-order chi connectivity index (χ1) is 11.9. The summed E-state index contributed by atoms with van der Waals surface area (Å²) >= 11 is 0. The molecule has 0 bridgehead atoms. The largest absolute Gasteiger partial charge is 0.481 e. The molecule has 0 radical (unpaired) electrons. The number of carbonyl (C=O) groups excluding carboxylic acids is 3. The molecule has 1 atom stereocenters. The summed E-state index contributed by atoms with van der Waals surface area (Å²) in [5.74, 6) is -1.73. The summed E-state index contributed by atoms with van der Waals surface area (Å²) in [6, 6.07) is 8.28. The summed E-state index contributed by atoms with van der Waals surface area (Å²) in [6.45, 7) is 0.660. The first-order valence-electron chi connectivity index (χ1n) is 7.75. The predicted octanol–water partition coefficient (Wildman–Crippen LogP) is 0.516. The molecular formula is C17H19N3O5. The van der Waals surface area contributed by atoms with Gasteiger partial charge in [0, 0.05) is 0 Å². The van der Waals surface area contributed by atoms with E-state index in [0.29, 0.717) is 0 Å². The van der Waals surface area contributed by atoms with Crippen molar-refractivity contribution in [2.75, 3.05) is 13.2 Å². The van der Waals surface area contributed by atoms with Crippen LogP contribution in [0.1, 0.15) is 30.1 Å². The smallest absolute Gasteiger partial charge is 0.344 e. The second-order valence-electron chi connectivity index (χ2n) is 5.95. The minimum atomic E-state index is -0.944. The minimum absolute atomic E-state index is 0.130. The van der Waals surface area contributed by atoms with Gasteiger partial charge in [-0.2, -0.15) is 5.26 Å². The lowest BCUT2D eigenvalue weighted by atomic mass is 9.98. The average Bonchev–Trinajstić information content (AvgIpc) is 3.43. The Hall–Kier alpha value is -3.08. The molecule has 0 saturated heterocycles. The van der Waals surface area contributed by atoms with E-state index in [1.54, 1.807) is 19.1 Å². The van der Waals surface area contributed by atoms with E-state index in [2.05, 4.69) is 11.4 Å². The van der Waals surface area contributed by atoms with Gasteiger partial charge in [0.05, 0.1) is 11.6 Å². The van der Waals surface area contributed by atoms with Crippen molar-refractivity contribution < 1.29 is 23.9 Å². The molecule has 8 nitrogen and oxygen atoms in total. The second-order valence-corrected chi connectivity index (χ2v) is 5.95. The number of nitrogens with zero attached hydrogens (tertiary/aromatic N) is 1. The van der Waals surface area contributed by atoms with E-state index in [4.69, 9.17) is 15.2 Å². The van der Waals surface area contributed by atoms with Gasteiger partial charge in [0.2, 0.25) is 0 Å². The molecule has 0 heterocycles. The molecule has 2 amide bonds. The molecule has 25 heavy (non-hydrogen) atoms. The number of primary amides is 1. The highest BCUT2D eigenvalue weighted by atomic mass is 16.6. The maximum atomic E-state index is 11.8. The zero-order valence-electron chi connectivity index (χ0n) is 13.8. The van der Waals surface area contributed by atoms with Crippen molar-refractivity contribution in [2.24, 2.45) is 11.7 Å². The number of nitriles is 1. The molecule has 3 N–H and O–H groups in total. The van der Waals surface area contributed by atoms with Crippen LogP contribution in [0.15, 0.2) is 24.3 Å². The fraction of sp³-hybridized carbons (Fsp3) is 0.412. The van der Waals surface area contributed by atoms with Crippen LogP contribution in [0.5, 0.6) is 5.75 Å².